The van der Waals surface area contributed by atoms with Crippen molar-refractivity contribution < 1.29 is 9.53 Å². The van der Waals surface area contributed by atoms with E-state index < -0.39 is 0 Å². The highest BCUT2D eigenvalue weighted by Gasteiger charge is 2.21. The van der Waals surface area contributed by atoms with E-state index in [0.29, 0.717) is 11.7 Å². The molecule has 27 heavy (non-hydrogen) atoms. The fourth-order valence-corrected chi connectivity index (χ4v) is 3.60. The first-order valence-electron chi connectivity index (χ1n) is 9.26. The third kappa shape index (κ3) is 4.79. The van der Waals surface area contributed by atoms with E-state index in [1.54, 1.807) is 23.9 Å². The molecule has 0 saturated carbocycles. The molecule has 2 aromatic rings. The Balaban J connectivity index is 1.68. The summed E-state index contributed by atoms with van der Waals surface area (Å²) in [7, 11) is 1.72. The van der Waals surface area contributed by atoms with E-state index in [1.807, 2.05) is 11.8 Å². The molecular formula is C21H26ClN3O2. The SMILES string of the molecule is COC1CCN(C(=O)/C=C/c2c(C)nn(Cc3ccc(C)cc3)c2Cl)CC1. The third-order valence-electron chi connectivity index (χ3n) is 5.04. The summed E-state index contributed by atoms with van der Waals surface area (Å²) < 4.78 is 7.13. The topological polar surface area (TPSA) is 47.4 Å². The zero-order valence-corrected chi connectivity index (χ0v) is 16.9. The predicted octanol–water partition coefficient (Wildman–Crippen LogP) is 3.85. The van der Waals surface area contributed by atoms with Gasteiger partial charge in [-0.3, -0.25) is 4.79 Å². The van der Waals surface area contributed by atoms with E-state index >= 15 is 0 Å². The Morgan fingerprint density at radius 3 is 2.56 bits per heavy atom. The van der Waals surface area contributed by atoms with Crippen LogP contribution < -0.4 is 0 Å². The molecule has 0 N–H and O–H groups in total. The summed E-state index contributed by atoms with van der Waals surface area (Å²) in [5, 5.41) is 5.08. The van der Waals surface area contributed by atoms with E-state index in [2.05, 4.69) is 36.3 Å². The summed E-state index contributed by atoms with van der Waals surface area (Å²) in [5.74, 6) is 0.00584. The number of hydrogen-bond acceptors (Lipinski definition) is 3. The average Bonchev–Trinajstić information content (AvgIpc) is 2.94. The maximum atomic E-state index is 12.4. The van der Waals surface area contributed by atoms with E-state index in [0.717, 1.165) is 42.8 Å². The smallest absolute Gasteiger partial charge is 0.246 e. The third-order valence-corrected chi connectivity index (χ3v) is 5.44. The zero-order valence-electron chi connectivity index (χ0n) is 16.1. The molecule has 0 aliphatic carbocycles. The van der Waals surface area contributed by atoms with Crippen molar-refractivity contribution in [2.45, 2.75) is 39.3 Å². The second-order valence-electron chi connectivity index (χ2n) is 7.03. The van der Waals surface area contributed by atoms with Gasteiger partial charge in [-0.2, -0.15) is 5.10 Å². The molecule has 0 unspecified atom stereocenters. The van der Waals surface area contributed by atoms with Crippen LogP contribution in [0.1, 0.15) is 35.2 Å². The molecule has 0 spiro atoms. The largest absolute Gasteiger partial charge is 0.381 e. The molecule has 1 aliphatic rings. The summed E-state index contributed by atoms with van der Waals surface area (Å²) >= 11 is 6.53. The normalized spacial score (nSPS) is 15.6. The van der Waals surface area contributed by atoms with Gasteiger partial charge in [0.05, 0.1) is 18.3 Å². The minimum atomic E-state index is 0.00584. The summed E-state index contributed by atoms with van der Waals surface area (Å²) in [6.45, 7) is 6.02. The molecule has 1 aromatic heterocycles. The fraction of sp³-hybridized carbons (Fsp3) is 0.429. The summed E-state index contributed by atoms with van der Waals surface area (Å²) in [6, 6.07) is 8.30. The van der Waals surface area contributed by atoms with Gasteiger partial charge in [0.1, 0.15) is 5.15 Å². The standard InChI is InChI=1S/C21H26ClN3O2/c1-15-4-6-17(7-5-15)14-25-21(22)19(16(2)23-25)8-9-20(26)24-12-10-18(27-3)11-13-24/h4-9,18H,10-14H2,1-3H3/b9-8+. The number of carbonyl (C=O) groups is 1. The zero-order chi connectivity index (χ0) is 19.4. The van der Waals surface area contributed by atoms with Gasteiger partial charge in [0.2, 0.25) is 5.91 Å². The van der Waals surface area contributed by atoms with Crippen LogP contribution in [0.2, 0.25) is 5.15 Å². The van der Waals surface area contributed by atoms with E-state index in [9.17, 15) is 4.79 Å². The van der Waals surface area contributed by atoms with Gasteiger partial charge in [-0.25, -0.2) is 4.68 Å². The number of halogens is 1. The lowest BCUT2D eigenvalue weighted by Crippen LogP contribution is -2.39. The van der Waals surface area contributed by atoms with Crippen molar-refractivity contribution >= 4 is 23.6 Å². The lowest BCUT2D eigenvalue weighted by molar-refractivity contribution is -0.128. The monoisotopic (exact) mass is 387 g/mol. The highest BCUT2D eigenvalue weighted by molar-refractivity contribution is 6.31. The van der Waals surface area contributed by atoms with Crippen LogP contribution in [0.4, 0.5) is 0 Å². The number of ether oxygens (including phenoxy) is 1. The number of aromatic nitrogens is 2. The second-order valence-corrected chi connectivity index (χ2v) is 7.38. The number of likely N-dealkylation sites (tertiary alicyclic amines) is 1. The van der Waals surface area contributed by atoms with Crippen molar-refractivity contribution in [3.8, 4) is 0 Å². The Labute approximate surface area is 165 Å². The van der Waals surface area contributed by atoms with Gasteiger partial charge < -0.3 is 9.64 Å². The number of carbonyl (C=O) groups excluding carboxylic acids is 1. The first kappa shape index (κ1) is 19.6. The first-order valence-corrected chi connectivity index (χ1v) is 9.64. The molecule has 1 aromatic carbocycles. The van der Waals surface area contributed by atoms with Gasteiger partial charge in [0, 0.05) is 31.8 Å². The Morgan fingerprint density at radius 2 is 1.93 bits per heavy atom. The van der Waals surface area contributed by atoms with Crippen molar-refractivity contribution in [1.29, 1.82) is 0 Å². The Hall–Kier alpha value is -2.11. The molecule has 1 saturated heterocycles. The number of aryl methyl sites for hydroxylation is 2. The van der Waals surface area contributed by atoms with Crippen molar-refractivity contribution in [2.24, 2.45) is 0 Å². The molecule has 6 heteroatoms. The van der Waals surface area contributed by atoms with Crippen LogP contribution in [-0.4, -0.2) is 46.9 Å². The van der Waals surface area contributed by atoms with E-state index in [-0.39, 0.29) is 12.0 Å². The van der Waals surface area contributed by atoms with Crippen molar-refractivity contribution in [1.82, 2.24) is 14.7 Å². The quantitative estimate of drug-likeness (QED) is 0.732. The van der Waals surface area contributed by atoms with Gasteiger partial charge in [-0.1, -0.05) is 41.4 Å². The molecular weight excluding hydrogens is 362 g/mol. The lowest BCUT2D eigenvalue weighted by Gasteiger charge is -2.30. The van der Waals surface area contributed by atoms with Crippen molar-refractivity contribution in [3.05, 3.63) is 57.9 Å². The van der Waals surface area contributed by atoms with Crippen LogP contribution in [0.25, 0.3) is 6.08 Å². The highest BCUT2D eigenvalue weighted by Crippen LogP contribution is 2.23. The van der Waals surface area contributed by atoms with Gasteiger partial charge in [0.25, 0.3) is 0 Å². The molecule has 3 rings (SSSR count). The number of hydrogen-bond donors (Lipinski definition) is 0. The number of rotatable bonds is 5. The second kappa shape index (κ2) is 8.72. The molecule has 0 atom stereocenters. The number of methoxy groups -OCH3 is 1. The molecule has 144 valence electrons. The Kier molecular flexibility index (Phi) is 6.34. The first-order chi connectivity index (χ1) is 13.0. The van der Waals surface area contributed by atoms with Crippen molar-refractivity contribution in [3.63, 3.8) is 0 Å². The van der Waals surface area contributed by atoms with E-state index in [4.69, 9.17) is 16.3 Å². The van der Waals surface area contributed by atoms with Crippen LogP contribution in [0.5, 0.6) is 0 Å². The number of piperidine rings is 1. The molecule has 2 heterocycles. The van der Waals surface area contributed by atoms with Gasteiger partial charge in [-0.15, -0.1) is 0 Å². The van der Waals surface area contributed by atoms with Gasteiger partial charge >= 0.3 is 0 Å². The maximum Gasteiger partial charge on any atom is 0.246 e. The summed E-state index contributed by atoms with van der Waals surface area (Å²) in [6.07, 6.45) is 5.39. The Morgan fingerprint density at radius 1 is 1.26 bits per heavy atom. The van der Waals surface area contributed by atoms with Crippen LogP contribution in [0.15, 0.2) is 30.3 Å². The minimum absolute atomic E-state index is 0.00584. The van der Waals surface area contributed by atoms with Crippen molar-refractivity contribution in [2.75, 3.05) is 20.2 Å². The summed E-state index contributed by atoms with van der Waals surface area (Å²) in [4.78, 5) is 14.3. The van der Waals surface area contributed by atoms with Gasteiger partial charge in [0.15, 0.2) is 0 Å². The van der Waals surface area contributed by atoms with Crippen LogP contribution in [-0.2, 0) is 16.1 Å². The van der Waals surface area contributed by atoms with Crippen LogP contribution >= 0.6 is 11.6 Å². The highest BCUT2D eigenvalue weighted by atomic mass is 35.5. The maximum absolute atomic E-state index is 12.4. The minimum Gasteiger partial charge on any atom is -0.381 e. The molecule has 0 radical (unpaired) electrons. The number of nitrogens with zero attached hydrogens (tertiary/aromatic N) is 3. The molecule has 1 fully saturated rings. The molecule has 0 bridgehead atoms. The average molecular weight is 388 g/mol. The Bertz CT molecular complexity index is 819. The molecule has 1 amide bonds. The lowest BCUT2D eigenvalue weighted by atomic mass is 10.1. The molecule has 1 aliphatic heterocycles. The number of amides is 1. The molecule has 5 nitrogen and oxygen atoms in total. The number of benzene rings is 1. The van der Waals surface area contributed by atoms with Crippen LogP contribution in [0.3, 0.4) is 0 Å². The van der Waals surface area contributed by atoms with Crippen LogP contribution in [0, 0.1) is 13.8 Å². The predicted molar refractivity (Wildman–Crippen MR) is 108 cm³/mol. The summed E-state index contributed by atoms with van der Waals surface area (Å²) in [5.41, 5.74) is 3.97. The van der Waals surface area contributed by atoms with Gasteiger partial charge in [-0.05, 0) is 38.3 Å². The van der Waals surface area contributed by atoms with E-state index in [1.165, 1.54) is 5.56 Å². The fourth-order valence-electron chi connectivity index (χ4n) is 3.30.